The molecule has 0 aliphatic rings. The molecule has 1 aromatic rings. The Balaban J connectivity index is 0. The summed E-state index contributed by atoms with van der Waals surface area (Å²) in [5.74, 6) is 0. The Bertz CT molecular complexity index is 110. The summed E-state index contributed by atoms with van der Waals surface area (Å²) in [6, 6.07) is 12.5. The molecule has 11 heavy (non-hydrogen) atoms. The van der Waals surface area contributed by atoms with Gasteiger partial charge in [-0.25, -0.2) is 0 Å². The zero-order chi connectivity index (χ0) is 7.82. The zero-order valence-corrected chi connectivity index (χ0v) is 8.47. The fourth-order valence-corrected chi connectivity index (χ4v) is 0.342. The number of hydrogen-bond donors (Lipinski definition) is 1. The molecule has 2 heteroatoms. The van der Waals surface area contributed by atoms with Crippen molar-refractivity contribution >= 4 is 0 Å². The van der Waals surface area contributed by atoms with Crippen molar-refractivity contribution in [3.8, 4) is 0 Å². The van der Waals surface area contributed by atoms with Gasteiger partial charge in [0.1, 0.15) is 0 Å². The second-order valence-corrected chi connectivity index (χ2v) is 2.17. The summed E-state index contributed by atoms with van der Waals surface area (Å²) < 4.78 is 0. The molecule has 0 atom stereocenters. The Kier molecular flexibility index (Phi) is 12.1. The van der Waals surface area contributed by atoms with Crippen LogP contribution < -0.4 is 0 Å². The van der Waals surface area contributed by atoms with Crippen LogP contribution in [-0.4, -0.2) is 11.2 Å². The van der Waals surface area contributed by atoms with Crippen molar-refractivity contribution < 1.29 is 26.8 Å². The Morgan fingerprint density at radius 1 is 1.09 bits per heavy atom. The van der Waals surface area contributed by atoms with Gasteiger partial charge in [0, 0.05) is 27.8 Å². The molecule has 0 aliphatic carbocycles. The number of benzene rings is 1. The first-order valence-electron chi connectivity index (χ1n) is 3.32. The fourth-order valence-electron chi connectivity index (χ4n) is 0.342. The van der Waals surface area contributed by atoms with Gasteiger partial charge in [-0.2, -0.15) is 36.4 Å². The molecule has 0 unspecified atom stereocenters. The third-order valence-corrected chi connectivity index (χ3v) is 0.607. The van der Waals surface area contributed by atoms with E-state index in [2.05, 4.69) is 6.07 Å². The maximum atomic E-state index is 8.06. The first kappa shape index (κ1) is 13.5. The maximum Gasteiger partial charge on any atom is 0.0483 e. The van der Waals surface area contributed by atoms with Gasteiger partial charge in [0.25, 0.3) is 0 Å². The minimum atomic E-state index is -0.167. The third kappa shape index (κ3) is 17.7. The van der Waals surface area contributed by atoms with Gasteiger partial charge in [-0.3, -0.25) is 0 Å². The van der Waals surface area contributed by atoms with Crippen LogP contribution in [-0.2, 0) is 21.7 Å². The van der Waals surface area contributed by atoms with E-state index in [9.17, 15) is 0 Å². The molecule has 1 aromatic carbocycles. The van der Waals surface area contributed by atoms with Crippen molar-refractivity contribution in [1.82, 2.24) is 0 Å². The first-order chi connectivity index (χ1) is 4.73. The molecule has 0 radical (unpaired) electrons. The largest absolute Gasteiger partial charge is 0.394 e. The van der Waals surface area contributed by atoms with Gasteiger partial charge in [0.2, 0.25) is 0 Å². The second-order valence-electron chi connectivity index (χ2n) is 2.17. The molecule has 0 amide bonds. The van der Waals surface area contributed by atoms with E-state index >= 15 is 0 Å². The first-order valence-corrected chi connectivity index (χ1v) is 3.32. The van der Waals surface area contributed by atoms with Crippen LogP contribution in [0.2, 0.25) is 0 Å². The van der Waals surface area contributed by atoms with Gasteiger partial charge in [0.15, 0.2) is 0 Å². The van der Waals surface area contributed by atoms with Gasteiger partial charge in [-0.05, 0) is 13.8 Å². The van der Waals surface area contributed by atoms with Crippen molar-refractivity contribution in [2.24, 2.45) is 0 Å². The predicted octanol–water partition coefficient (Wildman–Crippen LogP) is 1.87. The molecule has 0 aliphatic heterocycles. The van der Waals surface area contributed by atoms with Crippen LogP contribution in [0.3, 0.4) is 0 Å². The van der Waals surface area contributed by atoms with Crippen LogP contribution in [0.15, 0.2) is 30.3 Å². The summed E-state index contributed by atoms with van der Waals surface area (Å²) in [5, 5.41) is 8.06. The van der Waals surface area contributed by atoms with E-state index in [-0.39, 0.29) is 27.8 Å². The summed E-state index contributed by atoms with van der Waals surface area (Å²) in [5.41, 5.74) is 0. The van der Waals surface area contributed by atoms with Crippen molar-refractivity contribution in [3.63, 3.8) is 0 Å². The third-order valence-electron chi connectivity index (χ3n) is 0.607. The molecule has 0 saturated heterocycles. The van der Waals surface area contributed by atoms with Crippen LogP contribution >= 0.6 is 0 Å². The van der Waals surface area contributed by atoms with E-state index in [1.165, 1.54) is 0 Å². The standard InChI is InChI=1S/C6H5.C3H8O.Ti/c1-2-4-6-5-3-1;1-3(2)4;/h1-5H;3-4H,1-2H3;/q-1;;. The van der Waals surface area contributed by atoms with Crippen molar-refractivity contribution in [3.05, 3.63) is 36.4 Å². The summed E-state index contributed by atoms with van der Waals surface area (Å²) in [4.78, 5) is 0. The van der Waals surface area contributed by atoms with E-state index in [0.717, 1.165) is 0 Å². The molecule has 0 fully saturated rings. The number of aliphatic hydroxyl groups excluding tert-OH is 1. The molecule has 1 nitrogen and oxygen atoms in total. The molecular formula is C9H13OTi-. The average Bonchev–Trinajstić information content (AvgIpc) is 1.90. The van der Waals surface area contributed by atoms with Crippen LogP contribution in [0.1, 0.15) is 13.8 Å². The fraction of sp³-hybridized carbons (Fsp3) is 0.333. The normalized spacial score (nSPS) is 7.64. The number of rotatable bonds is 0. The van der Waals surface area contributed by atoms with E-state index in [0.29, 0.717) is 0 Å². The van der Waals surface area contributed by atoms with Crippen molar-refractivity contribution in [2.45, 2.75) is 20.0 Å². The van der Waals surface area contributed by atoms with Crippen LogP contribution in [0.4, 0.5) is 0 Å². The molecule has 0 spiro atoms. The summed E-state index contributed by atoms with van der Waals surface area (Å²) in [6.07, 6.45) is -0.167. The van der Waals surface area contributed by atoms with E-state index in [1.807, 2.05) is 30.3 Å². The van der Waals surface area contributed by atoms with Crippen LogP contribution in [0.25, 0.3) is 0 Å². The zero-order valence-electron chi connectivity index (χ0n) is 6.91. The Hall–Kier alpha value is -0.106. The van der Waals surface area contributed by atoms with Crippen LogP contribution in [0, 0.1) is 6.07 Å². The molecule has 60 valence electrons. The maximum absolute atomic E-state index is 8.06. The average molecular weight is 185 g/mol. The van der Waals surface area contributed by atoms with E-state index in [4.69, 9.17) is 5.11 Å². The number of hydrogen-bond acceptors (Lipinski definition) is 1. The van der Waals surface area contributed by atoms with Crippen LogP contribution in [0.5, 0.6) is 0 Å². The molecule has 0 heterocycles. The van der Waals surface area contributed by atoms with E-state index in [1.54, 1.807) is 13.8 Å². The van der Waals surface area contributed by atoms with E-state index < -0.39 is 0 Å². The SMILES string of the molecule is CC(C)O.[Ti].[c-]1ccccc1. The van der Waals surface area contributed by atoms with Gasteiger partial charge >= 0.3 is 0 Å². The summed E-state index contributed by atoms with van der Waals surface area (Å²) in [6.45, 7) is 3.44. The number of aliphatic hydroxyl groups is 1. The Morgan fingerprint density at radius 3 is 1.55 bits per heavy atom. The van der Waals surface area contributed by atoms with Crippen molar-refractivity contribution in [1.29, 1.82) is 0 Å². The molecule has 1 N–H and O–H groups in total. The monoisotopic (exact) mass is 185 g/mol. The van der Waals surface area contributed by atoms with Gasteiger partial charge in [-0.15, -0.1) is 0 Å². The molecule has 0 saturated carbocycles. The van der Waals surface area contributed by atoms with Crippen molar-refractivity contribution in [2.75, 3.05) is 0 Å². The smallest absolute Gasteiger partial charge is 0.0483 e. The predicted molar refractivity (Wildman–Crippen MR) is 42.6 cm³/mol. The Morgan fingerprint density at radius 2 is 1.45 bits per heavy atom. The quantitative estimate of drug-likeness (QED) is 0.483. The molecule has 1 rings (SSSR count). The second kappa shape index (κ2) is 9.89. The minimum Gasteiger partial charge on any atom is -0.394 e. The molecule has 0 aromatic heterocycles. The summed E-state index contributed by atoms with van der Waals surface area (Å²) >= 11 is 0. The summed E-state index contributed by atoms with van der Waals surface area (Å²) in [7, 11) is 0. The topological polar surface area (TPSA) is 20.2 Å². The van der Waals surface area contributed by atoms with Gasteiger partial charge in [0.05, 0.1) is 0 Å². The van der Waals surface area contributed by atoms with Gasteiger partial charge in [-0.1, -0.05) is 0 Å². The minimum absolute atomic E-state index is 0. The molecular weight excluding hydrogens is 172 g/mol. The Labute approximate surface area is 83.3 Å². The molecule has 0 bridgehead atoms. The van der Waals surface area contributed by atoms with Gasteiger partial charge < -0.3 is 5.11 Å².